The number of hydrogen-bond acceptors (Lipinski definition) is 2. The van der Waals surface area contributed by atoms with Crippen LogP contribution in [0.5, 0.6) is 0 Å². The lowest BCUT2D eigenvalue weighted by molar-refractivity contribution is -0.459. The maximum atomic E-state index is 13.1. The van der Waals surface area contributed by atoms with Crippen LogP contribution in [-0.2, 0) is 4.79 Å². The van der Waals surface area contributed by atoms with Gasteiger partial charge in [0.1, 0.15) is 0 Å². The Kier molecular flexibility index (Phi) is 6.22. The van der Waals surface area contributed by atoms with Crippen molar-refractivity contribution in [1.29, 1.82) is 0 Å². The van der Waals surface area contributed by atoms with Crippen molar-refractivity contribution >= 4 is 5.91 Å². The second kappa shape index (κ2) is 6.62. The summed E-state index contributed by atoms with van der Waals surface area (Å²) in [5, 5.41) is 7.65. The van der Waals surface area contributed by atoms with Gasteiger partial charge in [-0.2, -0.15) is 74.6 Å². The normalized spacial score (nSPS) is 16.1. The van der Waals surface area contributed by atoms with Gasteiger partial charge in [-0.25, -0.2) is 5.48 Å². The molecule has 174 valence electrons. The summed E-state index contributed by atoms with van der Waals surface area (Å²) in [5.74, 6) is -62.4. The molecule has 0 aromatic carbocycles. The number of halogens is 17. The number of rotatable bonds is 7. The Bertz CT molecular complexity index is 635. The molecule has 0 unspecified atom stereocenters. The van der Waals surface area contributed by atoms with Crippen LogP contribution in [0.2, 0.25) is 0 Å². The Balaban J connectivity index is 6.77. The van der Waals surface area contributed by atoms with E-state index in [0.29, 0.717) is 0 Å². The number of alkyl halides is 17. The molecule has 0 spiro atoms. The molecular formula is C9H2F17NO2. The van der Waals surface area contributed by atoms with Crippen LogP contribution in [0, 0.1) is 0 Å². The average Bonchev–Trinajstić information content (AvgIpc) is 2.51. The molecule has 0 rings (SSSR count). The number of amides is 1. The Labute approximate surface area is 145 Å². The molecule has 0 radical (unpaired) electrons. The van der Waals surface area contributed by atoms with Gasteiger partial charge in [0.2, 0.25) is 0 Å². The van der Waals surface area contributed by atoms with E-state index in [-0.39, 0.29) is 0 Å². The van der Waals surface area contributed by atoms with Gasteiger partial charge in [-0.15, -0.1) is 0 Å². The average molecular weight is 479 g/mol. The van der Waals surface area contributed by atoms with Gasteiger partial charge in [0, 0.05) is 0 Å². The van der Waals surface area contributed by atoms with Gasteiger partial charge in [-0.05, 0) is 0 Å². The summed E-state index contributed by atoms with van der Waals surface area (Å²) >= 11 is 0. The molecule has 0 bridgehead atoms. The number of hydroxylamine groups is 1. The SMILES string of the molecule is O=C(NO)C(F)(F)C(F)(F)C(F)(F)C(F)(F)C(F)(F)C(F)(F)C(F)(F)C(F)(F)F. The third-order valence-electron chi connectivity index (χ3n) is 3.11. The Morgan fingerprint density at radius 1 is 0.483 bits per heavy atom. The van der Waals surface area contributed by atoms with Gasteiger partial charge in [0.05, 0.1) is 0 Å². The molecule has 0 aromatic rings. The first-order valence-corrected chi connectivity index (χ1v) is 5.89. The molecular weight excluding hydrogens is 477 g/mol. The molecule has 0 aliphatic rings. The molecule has 0 fully saturated rings. The molecule has 3 nitrogen and oxygen atoms in total. The largest absolute Gasteiger partial charge is 0.460 e. The zero-order chi connectivity index (χ0) is 24.3. The third kappa shape index (κ3) is 3.22. The highest BCUT2D eigenvalue weighted by atomic mass is 19.4. The summed E-state index contributed by atoms with van der Waals surface area (Å²) < 4.78 is 216. The standard InChI is InChI=1S/C9H2F17NO2/c10-2(11,1(28)27-29)3(12,13)4(14,15)5(16,17)6(18,19)7(20,21)8(22,23)9(24,25)26/h29H,(H,27,28). The zero-order valence-corrected chi connectivity index (χ0v) is 12.3. The van der Waals surface area contributed by atoms with Crippen molar-refractivity contribution in [3.8, 4) is 0 Å². The van der Waals surface area contributed by atoms with E-state index < -0.39 is 59.0 Å². The van der Waals surface area contributed by atoms with Crippen LogP contribution in [0.1, 0.15) is 0 Å². The van der Waals surface area contributed by atoms with Gasteiger partial charge >= 0.3 is 53.5 Å². The molecule has 0 aromatic heterocycles. The van der Waals surface area contributed by atoms with Crippen molar-refractivity contribution in [3.63, 3.8) is 0 Å². The minimum absolute atomic E-state index is 0.504. The van der Waals surface area contributed by atoms with Crippen LogP contribution < -0.4 is 5.48 Å². The summed E-state index contributed by atoms with van der Waals surface area (Å²) in [6.07, 6.45) is -7.84. The van der Waals surface area contributed by atoms with Crippen molar-refractivity contribution in [2.45, 2.75) is 47.6 Å². The van der Waals surface area contributed by atoms with Crippen LogP contribution >= 0.6 is 0 Å². The molecule has 0 saturated carbocycles. The molecule has 0 atom stereocenters. The summed E-state index contributed by atoms with van der Waals surface area (Å²) in [4.78, 5) is 10.2. The Morgan fingerprint density at radius 2 is 0.724 bits per heavy atom. The van der Waals surface area contributed by atoms with Gasteiger partial charge in [-0.3, -0.25) is 10.0 Å². The van der Waals surface area contributed by atoms with E-state index >= 15 is 0 Å². The fourth-order valence-electron chi connectivity index (χ4n) is 1.38. The Morgan fingerprint density at radius 3 is 0.966 bits per heavy atom. The minimum atomic E-state index is -8.77. The molecule has 1 amide bonds. The highest BCUT2D eigenvalue weighted by molar-refractivity contribution is 5.83. The van der Waals surface area contributed by atoms with Gasteiger partial charge in [0.25, 0.3) is 0 Å². The van der Waals surface area contributed by atoms with E-state index in [0.717, 1.165) is 0 Å². The summed E-state index contributed by atoms with van der Waals surface area (Å²) in [7, 11) is 0. The topological polar surface area (TPSA) is 49.3 Å². The van der Waals surface area contributed by atoms with E-state index in [1.807, 2.05) is 0 Å². The first kappa shape index (κ1) is 27.2. The van der Waals surface area contributed by atoms with E-state index in [1.165, 1.54) is 0 Å². The van der Waals surface area contributed by atoms with Crippen LogP contribution in [0.15, 0.2) is 0 Å². The maximum Gasteiger partial charge on any atom is 0.460 e. The van der Waals surface area contributed by atoms with Gasteiger partial charge in [0.15, 0.2) is 0 Å². The van der Waals surface area contributed by atoms with Crippen molar-refractivity contribution in [2.75, 3.05) is 0 Å². The van der Waals surface area contributed by atoms with Crippen LogP contribution in [0.3, 0.4) is 0 Å². The van der Waals surface area contributed by atoms with Crippen LogP contribution in [0.4, 0.5) is 74.6 Å². The highest BCUT2D eigenvalue weighted by Gasteiger charge is 2.95. The Hall–Kier alpha value is -1.76. The number of nitrogens with one attached hydrogen (secondary N) is 1. The van der Waals surface area contributed by atoms with Crippen molar-refractivity contribution in [2.24, 2.45) is 0 Å². The quantitative estimate of drug-likeness (QED) is 0.321. The fraction of sp³-hybridized carbons (Fsp3) is 0.889. The van der Waals surface area contributed by atoms with E-state index in [9.17, 15) is 79.4 Å². The number of hydrogen-bond donors (Lipinski definition) is 2. The first-order chi connectivity index (χ1) is 12.2. The van der Waals surface area contributed by atoms with Gasteiger partial charge in [-0.1, -0.05) is 0 Å². The van der Waals surface area contributed by atoms with Crippen molar-refractivity contribution in [1.82, 2.24) is 5.48 Å². The lowest BCUT2D eigenvalue weighted by Gasteiger charge is -2.42. The second-order valence-corrected chi connectivity index (χ2v) is 4.96. The first-order valence-electron chi connectivity index (χ1n) is 5.89. The third-order valence-corrected chi connectivity index (χ3v) is 3.11. The van der Waals surface area contributed by atoms with E-state index in [1.54, 1.807) is 0 Å². The minimum Gasteiger partial charge on any atom is -0.288 e. The second-order valence-electron chi connectivity index (χ2n) is 4.96. The van der Waals surface area contributed by atoms with Crippen LogP contribution in [0.25, 0.3) is 0 Å². The lowest BCUT2D eigenvalue weighted by Crippen LogP contribution is -2.75. The van der Waals surface area contributed by atoms with Gasteiger partial charge < -0.3 is 0 Å². The van der Waals surface area contributed by atoms with Crippen LogP contribution in [-0.4, -0.2) is 58.7 Å². The van der Waals surface area contributed by atoms with E-state index in [2.05, 4.69) is 0 Å². The summed E-state index contributed by atoms with van der Waals surface area (Å²) in [6.45, 7) is 0. The summed E-state index contributed by atoms with van der Waals surface area (Å²) in [6, 6.07) is 0. The molecule has 0 aliphatic heterocycles. The molecule has 29 heavy (non-hydrogen) atoms. The number of carbonyl (C=O) groups excluding carboxylic acids is 1. The van der Waals surface area contributed by atoms with E-state index in [4.69, 9.17) is 5.21 Å². The smallest absolute Gasteiger partial charge is 0.288 e. The molecule has 0 heterocycles. The summed E-state index contributed by atoms with van der Waals surface area (Å²) in [5.41, 5.74) is -0.504. The maximum absolute atomic E-state index is 13.1. The molecule has 0 saturated heterocycles. The fourth-order valence-corrected chi connectivity index (χ4v) is 1.38. The molecule has 20 heteroatoms. The van der Waals surface area contributed by atoms with Crippen molar-refractivity contribution in [3.05, 3.63) is 0 Å². The predicted molar refractivity (Wildman–Crippen MR) is 50.6 cm³/mol. The lowest BCUT2D eigenvalue weighted by atomic mass is 9.89. The predicted octanol–water partition coefficient (Wildman–Crippen LogP) is 4.50. The molecule has 2 N–H and O–H groups in total. The number of carbonyl (C=O) groups is 1. The highest BCUT2D eigenvalue weighted by Crippen LogP contribution is 2.63. The van der Waals surface area contributed by atoms with Crippen molar-refractivity contribution < 1.29 is 84.6 Å². The molecule has 0 aliphatic carbocycles. The monoisotopic (exact) mass is 479 g/mol. The zero-order valence-electron chi connectivity index (χ0n) is 12.3.